The molecule has 0 atom stereocenters. The van der Waals surface area contributed by atoms with Gasteiger partial charge in [-0.15, -0.1) is 0 Å². The van der Waals surface area contributed by atoms with Gasteiger partial charge in [0, 0.05) is 42.5 Å². The van der Waals surface area contributed by atoms with Gasteiger partial charge in [-0.3, -0.25) is 0 Å². The van der Waals surface area contributed by atoms with Crippen LogP contribution in [0, 0.1) is 13.8 Å². The summed E-state index contributed by atoms with van der Waals surface area (Å²) >= 11 is 0. The summed E-state index contributed by atoms with van der Waals surface area (Å²) in [5.74, 6) is 0.747. The summed E-state index contributed by atoms with van der Waals surface area (Å²) in [4.78, 5) is 14.4. The zero-order valence-corrected chi connectivity index (χ0v) is 12.2. The van der Waals surface area contributed by atoms with Crippen LogP contribution in [0.25, 0.3) is 22.2 Å². The summed E-state index contributed by atoms with van der Waals surface area (Å²) in [6.45, 7) is 4.10. The van der Waals surface area contributed by atoms with Gasteiger partial charge in [-0.2, -0.15) is 0 Å². The number of anilines is 1. The summed E-state index contributed by atoms with van der Waals surface area (Å²) in [5, 5.41) is 1.20. The SMILES string of the molecule is Cc1nc(N(C)C)nc(-c2ccc3[nH]ccc3c2)c1C. The molecule has 2 heterocycles. The Balaban J connectivity index is 2.21. The molecule has 3 aromatic rings. The summed E-state index contributed by atoms with van der Waals surface area (Å²) in [6, 6.07) is 8.44. The fourth-order valence-corrected chi connectivity index (χ4v) is 2.30. The monoisotopic (exact) mass is 266 g/mol. The molecule has 0 unspecified atom stereocenters. The maximum absolute atomic E-state index is 4.70. The van der Waals surface area contributed by atoms with E-state index in [1.54, 1.807) is 0 Å². The topological polar surface area (TPSA) is 44.8 Å². The number of aromatic nitrogens is 3. The third-order valence-electron chi connectivity index (χ3n) is 3.60. The summed E-state index contributed by atoms with van der Waals surface area (Å²) in [6.07, 6.45) is 1.96. The first kappa shape index (κ1) is 12.7. The van der Waals surface area contributed by atoms with E-state index >= 15 is 0 Å². The van der Waals surface area contributed by atoms with Gasteiger partial charge in [-0.1, -0.05) is 6.07 Å². The Kier molecular flexibility index (Phi) is 2.93. The fraction of sp³-hybridized carbons (Fsp3) is 0.250. The summed E-state index contributed by atoms with van der Waals surface area (Å²) in [7, 11) is 3.92. The Morgan fingerprint density at radius 3 is 2.60 bits per heavy atom. The van der Waals surface area contributed by atoms with Crippen LogP contribution in [0.2, 0.25) is 0 Å². The van der Waals surface area contributed by atoms with E-state index < -0.39 is 0 Å². The third kappa shape index (κ3) is 2.03. The van der Waals surface area contributed by atoms with Crippen molar-refractivity contribution in [2.45, 2.75) is 13.8 Å². The molecular formula is C16H18N4. The highest BCUT2D eigenvalue weighted by Crippen LogP contribution is 2.27. The number of nitrogens with one attached hydrogen (secondary N) is 1. The van der Waals surface area contributed by atoms with Gasteiger partial charge in [-0.05, 0) is 37.6 Å². The molecule has 3 rings (SSSR count). The molecule has 0 radical (unpaired) electrons. The van der Waals surface area contributed by atoms with Crippen LogP contribution in [0.4, 0.5) is 5.95 Å². The lowest BCUT2D eigenvalue weighted by atomic mass is 10.0. The molecule has 0 bridgehead atoms. The lowest BCUT2D eigenvalue weighted by molar-refractivity contribution is 0.967. The van der Waals surface area contributed by atoms with E-state index in [0.29, 0.717) is 0 Å². The molecule has 2 aromatic heterocycles. The number of aromatic amines is 1. The third-order valence-corrected chi connectivity index (χ3v) is 3.60. The fourth-order valence-electron chi connectivity index (χ4n) is 2.30. The molecular weight excluding hydrogens is 248 g/mol. The molecule has 0 fully saturated rings. The minimum absolute atomic E-state index is 0.747. The van der Waals surface area contributed by atoms with Crippen LogP contribution in [0.3, 0.4) is 0 Å². The highest BCUT2D eigenvalue weighted by molar-refractivity contribution is 5.85. The van der Waals surface area contributed by atoms with Gasteiger partial charge >= 0.3 is 0 Å². The van der Waals surface area contributed by atoms with E-state index in [0.717, 1.165) is 34.0 Å². The lowest BCUT2D eigenvalue weighted by Gasteiger charge is -2.15. The second kappa shape index (κ2) is 4.63. The van der Waals surface area contributed by atoms with Crippen molar-refractivity contribution >= 4 is 16.9 Å². The van der Waals surface area contributed by atoms with Gasteiger partial charge in [0.25, 0.3) is 0 Å². The molecule has 0 spiro atoms. The first-order chi connectivity index (χ1) is 9.56. The maximum Gasteiger partial charge on any atom is 0.225 e. The maximum atomic E-state index is 4.70. The number of hydrogen-bond acceptors (Lipinski definition) is 3. The van der Waals surface area contributed by atoms with Crippen LogP contribution in [0.5, 0.6) is 0 Å². The summed E-state index contributed by atoms with van der Waals surface area (Å²) < 4.78 is 0. The number of nitrogens with zero attached hydrogens (tertiary/aromatic N) is 3. The van der Waals surface area contributed by atoms with Crippen molar-refractivity contribution in [2.24, 2.45) is 0 Å². The quantitative estimate of drug-likeness (QED) is 0.774. The molecule has 0 amide bonds. The summed E-state index contributed by atoms with van der Waals surface area (Å²) in [5.41, 5.74) is 5.43. The molecule has 1 N–H and O–H groups in total. The van der Waals surface area contributed by atoms with Gasteiger partial charge in [0.05, 0.1) is 5.69 Å². The standard InChI is InChI=1S/C16H18N4/c1-10-11(2)18-16(20(3)4)19-15(10)13-5-6-14-12(9-13)7-8-17-14/h5-9,17H,1-4H3. The van der Waals surface area contributed by atoms with Crippen LogP contribution in [0.1, 0.15) is 11.3 Å². The van der Waals surface area contributed by atoms with Crippen LogP contribution in [-0.2, 0) is 0 Å². The Labute approximate surface area is 118 Å². The van der Waals surface area contributed by atoms with Crippen molar-refractivity contribution in [2.75, 3.05) is 19.0 Å². The molecule has 0 aliphatic heterocycles. The second-order valence-corrected chi connectivity index (χ2v) is 5.26. The number of fused-ring (bicyclic) bond motifs is 1. The van der Waals surface area contributed by atoms with E-state index in [1.165, 1.54) is 5.39 Å². The Morgan fingerprint density at radius 2 is 1.85 bits per heavy atom. The molecule has 0 saturated carbocycles. The highest BCUT2D eigenvalue weighted by Gasteiger charge is 2.11. The number of benzene rings is 1. The van der Waals surface area contributed by atoms with Crippen molar-refractivity contribution in [3.63, 3.8) is 0 Å². The number of rotatable bonds is 2. The minimum atomic E-state index is 0.747. The smallest absolute Gasteiger partial charge is 0.225 e. The van der Waals surface area contributed by atoms with Crippen LogP contribution >= 0.6 is 0 Å². The van der Waals surface area contributed by atoms with Crippen molar-refractivity contribution in [1.29, 1.82) is 0 Å². The first-order valence-electron chi connectivity index (χ1n) is 6.66. The molecule has 0 aliphatic rings. The predicted octanol–water partition coefficient (Wildman–Crippen LogP) is 3.31. The molecule has 20 heavy (non-hydrogen) atoms. The van der Waals surface area contributed by atoms with Gasteiger partial charge < -0.3 is 9.88 Å². The molecule has 0 saturated heterocycles. The molecule has 1 aromatic carbocycles. The van der Waals surface area contributed by atoms with Crippen molar-refractivity contribution in [1.82, 2.24) is 15.0 Å². The van der Waals surface area contributed by atoms with E-state index in [9.17, 15) is 0 Å². The van der Waals surface area contributed by atoms with E-state index in [-0.39, 0.29) is 0 Å². The first-order valence-corrected chi connectivity index (χ1v) is 6.66. The Bertz CT molecular complexity index is 771. The van der Waals surface area contributed by atoms with Gasteiger partial charge in [-0.25, -0.2) is 9.97 Å². The normalized spacial score (nSPS) is 11.0. The number of aryl methyl sites for hydroxylation is 1. The van der Waals surface area contributed by atoms with Gasteiger partial charge in [0.1, 0.15) is 0 Å². The van der Waals surface area contributed by atoms with Crippen LogP contribution in [0.15, 0.2) is 30.5 Å². The second-order valence-electron chi connectivity index (χ2n) is 5.26. The van der Waals surface area contributed by atoms with Gasteiger partial charge in [0.15, 0.2) is 0 Å². The molecule has 102 valence electrons. The molecule has 0 aliphatic carbocycles. The predicted molar refractivity (Wildman–Crippen MR) is 83.1 cm³/mol. The van der Waals surface area contributed by atoms with Crippen molar-refractivity contribution < 1.29 is 0 Å². The lowest BCUT2D eigenvalue weighted by Crippen LogP contribution is -2.14. The van der Waals surface area contributed by atoms with E-state index in [2.05, 4.69) is 41.2 Å². The molecule has 4 heteroatoms. The molecule has 4 nitrogen and oxygen atoms in total. The Morgan fingerprint density at radius 1 is 1.05 bits per heavy atom. The number of hydrogen-bond donors (Lipinski definition) is 1. The van der Waals surface area contributed by atoms with E-state index in [1.807, 2.05) is 32.1 Å². The average molecular weight is 266 g/mol. The van der Waals surface area contributed by atoms with Gasteiger partial charge in [0.2, 0.25) is 5.95 Å². The Hall–Kier alpha value is -2.36. The average Bonchev–Trinajstić information content (AvgIpc) is 2.88. The van der Waals surface area contributed by atoms with Crippen LogP contribution < -0.4 is 4.90 Å². The zero-order chi connectivity index (χ0) is 14.3. The van der Waals surface area contributed by atoms with Crippen LogP contribution in [-0.4, -0.2) is 29.0 Å². The van der Waals surface area contributed by atoms with Crippen molar-refractivity contribution in [3.8, 4) is 11.3 Å². The largest absolute Gasteiger partial charge is 0.361 e. The number of H-pyrrole nitrogens is 1. The van der Waals surface area contributed by atoms with E-state index in [4.69, 9.17) is 4.98 Å². The minimum Gasteiger partial charge on any atom is -0.361 e. The van der Waals surface area contributed by atoms with Crippen molar-refractivity contribution in [3.05, 3.63) is 41.7 Å². The zero-order valence-electron chi connectivity index (χ0n) is 12.2. The highest BCUT2D eigenvalue weighted by atomic mass is 15.2.